The van der Waals surface area contributed by atoms with Crippen LogP contribution in [0.1, 0.15) is 27.0 Å². The maximum Gasteiger partial charge on any atom is 0.340 e. The Kier molecular flexibility index (Phi) is 3.38. The molecule has 0 bridgehead atoms. The van der Waals surface area contributed by atoms with Crippen molar-refractivity contribution >= 4 is 29.4 Å². The van der Waals surface area contributed by atoms with Crippen LogP contribution in [-0.4, -0.2) is 21.7 Å². The highest BCUT2D eigenvalue weighted by Gasteiger charge is 2.53. The minimum Gasteiger partial charge on any atom is -0.508 e. The predicted octanol–water partition coefficient (Wildman–Crippen LogP) is 4.03. The van der Waals surface area contributed by atoms with Crippen LogP contribution in [0.4, 0.5) is 5.69 Å². The lowest BCUT2D eigenvalue weighted by Gasteiger charge is -2.36. The van der Waals surface area contributed by atoms with Crippen LogP contribution in [0.25, 0.3) is 0 Å². The molecule has 7 heteroatoms. The molecule has 2 aliphatic heterocycles. The molecule has 138 valence electrons. The van der Waals surface area contributed by atoms with Crippen LogP contribution in [0, 0.1) is 0 Å². The lowest BCUT2D eigenvalue weighted by atomic mass is 9.77. The second-order valence-electron chi connectivity index (χ2n) is 6.56. The van der Waals surface area contributed by atoms with Gasteiger partial charge in [0.25, 0.3) is 0 Å². The third-order valence-corrected chi connectivity index (χ3v) is 5.12. The molecule has 0 unspecified atom stereocenters. The quantitative estimate of drug-likeness (QED) is 0.449. The molecule has 0 aromatic heterocycles. The van der Waals surface area contributed by atoms with Crippen molar-refractivity contribution in [1.29, 1.82) is 0 Å². The van der Waals surface area contributed by atoms with Gasteiger partial charge in [-0.2, -0.15) is 0 Å². The van der Waals surface area contributed by atoms with Crippen LogP contribution in [0.5, 0.6) is 23.0 Å². The zero-order valence-corrected chi connectivity index (χ0v) is 15.1. The Morgan fingerprint density at radius 2 is 1.50 bits per heavy atom. The van der Waals surface area contributed by atoms with Gasteiger partial charge in [-0.05, 0) is 36.4 Å². The molecule has 0 saturated carbocycles. The number of carbonyl (C=O) groups excluding carboxylic acids is 1. The summed E-state index contributed by atoms with van der Waals surface area (Å²) < 4.78 is 11.9. The summed E-state index contributed by atoms with van der Waals surface area (Å²) >= 11 is 4.82. The fourth-order valence-electron chi connectivity index (χ4n) is 3.86. The Morgan fingerprint density at radius 3 is 2.11 bits per heavy atom. The van der Waals surface area contributed by atoms with E-state index in [1.807, 2.05) is 0 Å². The summed E-state index contributed by atoms with van der Waals surface area (Å²) in [5.41, 5.74) is 3.02. The van der Waals surface area contributed by atoms with Crippen molar-refractivity contribution in [2.45, 2.75) is 5.60 Å². The van der Waals surface area contributed by atoms with Crippen molar-refractivity contribution < 1.29 is 24.5 Å². The molecule has 2 heterocycles. The molecule has 6 nitrogen and oxygen atoms in total. The first-order valence-corrected chi connectivity index (χ1v) is 8.93. The summed E-state index contributed by atoms with van der Waals surface area (Å²) in [6.45, 7) is 0. The van der Waals surface area contributed by atoms with Crippen LogP contribution in [0.3, 0.4) is 0 Å². The molecule has 0 fully saturated rings. The molecule has 3 aromatic rings. The lowest BCUT2D eigenvalue weighted by molar-refractivity contribution is 0.0224. The van der Waals surface area contributed by atoms with E-state index in [-0.39, 0.29) is 11.5 Å². The SMILES string of the molecule is O=C1OC2(c3ccc(O)cc3Oc3cc(O)ccc32)c2ccc(NC=S)cc21. The Balaban J connectivity index is 1.84. The Hall–Kier alpha value is -3.58. The summed E-state index contributed by atoms with van der Waals surface area (Å²) in [5.74, 6) is 0.243. The highest BCUT2D eigenvalue weighted by atomic mass is 32.1. The predicted molar refractivity (Wildman–Crippen MR) is 105 cm³/mol. The van der Waals surface area contributed by atoms with Gasteiger partial charge in [-0.15, -0.1) is 0 Å². The van der Waals surface area contributed by atoms with Gasteiger partial charge in [0.1, 0.15) is 23.0 Å². The number of nitrogens with one attached hydrogen (secondary N) is 1. The summed E-state index contributed by atoms with van der Waals surface area (Å²) in [6.07, 6.45) is 0. The zero-order valence-electron chi connectivity index (χ0n) is 14.3. The number of anilines is 1. The van der Waals surface area contributed by atoms with Crippen LogP contribution >= 0.6 is 12.2 Å². The number of carbonyl (C=O) groups is 1. The monoisotopic (exact) mass is 391 g/mol. The maximum absolute atomic E-state index is 12.8. The molecule has 3 aromatic carbocycles. The lowest BCUT2D eigenvalue weighted by Crippen LogP contribution is -2.32. The number of rotatable bonds is 2. The second-order valence-corrected chi connectivity index (χ2v) is 6.79. The summed E-state index contributed by atoms with van der Waals surface area (Å²) in [7, 11) is 0. The van der Waals surface area contributed by atoms with E-state index < -0.39 is 11.6 Å². The smallest absolute Gasteiger partial charge is 0.340 e. The summed E-state index contributed by atoms with van der Waals surface area (Å²) in [5, 5.41) is 22.7. The first-order valence-electron chi connectivity index (χ1n) is 8.46. The average Bonchev–Trinajstić information content (AvgIpc) is 2.94. The van der Waals surface area contributed by atoms with Crippen molar-refractivity contribution in [3.8, 4) is 23.0 Å². The van der Waals surface area contributed by atoms with Gasteiger partial charge in [0.2, 0.25) is 0 Å². The van der Waals surface area contributed by atoms with Gasteiger partial charge in [-0.25, -0.2) is 4.79 Å². The first-order chi connectivity index (χ1) is 13.5. The normalized spacial score (nSPS) is 15.1. The van der Waals surface area contributed by atoms with E-state index in [4.69, 9.17) is 21.7 Å². The molecule has 0 atom stereocenters. The molecule has 0 saturated heterocycles. The summed E-state index contributed by atoms with van der Waals surface area (Å²) in [6, 6.07) is 14.6. The second kappa shape index (κ2) is 5.71. The number of phenolic OH excluding ortho intramolecular Hbond substituents is 2. The van der Waals surface area contributed by atoms with Gasteiger partial charge in [-0.1, -0.05) is 18.3 Å². The van der Waals surface area contributed by atoms with Crippen LogP contribution in [0.2, 0.25) is 0 Å². The Bertz CT molecular complexity index is 1120. The highest BCUT2D eigenvalue weighted by Crippen LogP contribution is 2.57. The van der Waals surface area contributed by atoms with Crippen LogP contribution in [-0.2, 0) is 10.3 Å². The number of phenols is 2. The molecular formula is C21H13NO5S. The number of ether oxygens (including phenoxy) is 2. The third kappa shape index (κ3) is 2.13. The molecule has 1 spiro atoms. The van der Waals surface area contributed by atoms with Crippen molar-refractivity contribution in [2.75, 3.05) is 5.32 Å². The van der Waals surface area contributed by atoms with Crippen LogP contribution < -0.4 is 10.1 Å². The van der Waals surface area contributed by atoms with Gasteiger partial charge >= 0.3 is 5.97 Å². The number of aromatic hydroxyl groups is 2. The third-order valence-electron chi connectivity index (χ3n) is 5.00. The molecule has 0 amide bonds. The van der Waals surface area contributed by atoms with E-state index >= 15 is 0 Å². The Labute approximate surface area is 165 Å². The molecule has 28 heavy (non-hydrogen) atoms. The number of fused-ring (bicyclic) bond motifs is 6. The largest absolute Gasteiger partial charge is 0.508 e. The van der Waals surface area contributed by atoms with E-state index in [9.17, 15) is 15.0 Å². The molecule has 2 aliphatic rings. The Morgan fingerprint density at radius 1 is 0.893 bits per heavy atom. The number of hydrogen-bond acceptors (Lipinski definition) is 6. The first kappa shape index (κ1) is 16.6. The standard InChI is InChI=1S/C21H13NO5S/c23-12-2-5-16-18(8-12)26-19-9-13(24)3-6-17(19)21(16)15-4-1-11(22-10-28)7-14(15)20(25)27-21/h1-10,23-24H,(H,22,28). The number of thiocarbonyl (C=S) groups is 1. The fraction of sp³-hybridized carbons (Fsp3) is 0.0476. The van der Waals surface area contributed by atoms with Crippen molar-refractivity contribution in [2.24, 2.45) is 0 Å². The van der Waals surface area contributed by atoms with Crippen molar-refractivity contribution in [3.05, 3.63) is 76.9 Å². The molecular weight excluding hydrogens is 378 g/mol. The maximum atomic E-state index is 12.8. The minimum absolute atomic E-state index is 0.0163. The molecule has 0 aliphatic carbocycles. The van der Waals surface area contributed by atoms with Crippen LogP contribution in [0.15, 0.2) is 54.6 Å². The van der Waals surface area contributed by atoms with Gasteiger partial charge in [-0.3, -0.25) is 0 Å². The van der Waals surface area contributed by atoms with E-state index in [1.165, 1.54) is 29.8 Å². The molecule has 3 N–H and O–H groups in total. The van der Waals surface area contributed by atoms with Crippen molar-refractivity contribution in [3.63, 3.8) is 0 Å². The van der Waals surface area contributed by atoms with E-state index in [2.05, 4.69) is 5.32 Å². The topological polar surface area (TPSA) is 88.0 Å². The molecule has 5 rings (SSSR count). The average molecular weight is 391 g/mol. The van der Waals surface area contributed by atoms with E-state index in [0.29, 0.717) is 39.4 Å². The minimum atomic E-state index is -1.24. The van der Waals surface area contributed by atoms with Gasteiger partial charge in [0.15, 0.2) is 5.60 Å². The molecule has 0 radical (unpaired) electrons. The van der Waals surface area contributed by atoms with E-state index in [1.54, 1.807) is 30.3 Å². The van der Waals surface area contributed by atoms with E-state index in [0.717, 1.165) is 0 Å². The number of esters is 1. The highest BCUT2D eigenvalue weighted by molar-refractivity contribution is 7.79. The van der Waals surface area contributed by atoms with Crippen molar-refractivity contribution in [1.82, 2.24) is 0 Å². The van der Waals surface area contributed by atoms with Gasteiger partial charge < -0.3 is 25.0 Å². The van der Waals surface area contributed by atoms with Gasteiger partial charge in [0.05, 0.1) is 11.1 Å². The van der Waals surface area contributed by atoms with Gasteiger partial charge in [0, 0.05) is 34.5 Å². The summed E-state index contributed by atoms with van der Waals surface area (Å²) in [4.78, 5) is 12.8. The number of benzene rings is 3. The zero-order chi connectivity index (χ0) is 19.5. The number of hydrogen-bond donors (Lipinski definition) is 3. The fourth-order valence-corrected chi connectivity index (χ4v) is 4.00.